The van der Waals surface area contributed by atoms with Gasteiger partial charge in [0, 0.05) is 45.0 Å². The van der Waals surface area contributed by atoms with Crippen LogP contribution in [-0.4, -0.2) is 58.6 Å². The largest absolute Gasteiger partial charge is 0.481 e. The molecule has 0 atom stereocenters. The summed E-state index contributed by atoms with van der Waals surface area (Å²) in [5, 5.41) is 8.76. The minimum Gasteiger partial charge on any atom is -0.481 e. The fourth-order valence-electron chi connectivity index (χ4n) is 1.96. The molecule has 0 bridgehead atoms. The number of likely N-dealkylation sites (N-methyl/N-ethyl adjacent to an activating group) is 1. The van der Waals surface area contributed by atoms with Gasteiger partial charge >= 0.3 is 12.0 Å². The van der Waals surface area contributed by atoms with E-state index in [2.05, 4.69) is 4.98 Å². The second-order valence-corrected chi connectivity index (χ2v) is 4.72. The molecule has 1 aromatic heterocycles. The Morgan fingerprint density at radius 1 is 1.47 bits per heavy atom. The molecule has 1 aliphatic rings. The first-order valence-corrected chi connectivity index (χ1v) is 6.20. The molecule has 1 N–H and O–H groups in total. The minimum absolute atomic E-state index is 0.117. The van der Waals surface area contributed by atoms with Crippen molar-refractivity contribution in [3.63, 3.8) is 0 Å². The number of nitrogens with zero attached hydrogens (tertiary/aromatic N) is 3. The summed E-state index contributed by atoms with van der Waals surface area (Å²) in [5.74, 6) is -1.24. The topological polar surface area (TPSA) is 73.7 Å². The van der Waals surface area contributed by atoms with Crippen LogP contribution in [0.2, 0.25) is 0 Å². The highest BCUT2D eigenvalue weighted by Gasteiger charge is 2.36. The lowest BCUT2D eigenvalue weighted by molar-refractivity contribution is -0.146. The number of carbonyl (C=O) groups excluding carboxylic acids is 1. The van der Waals surface area contributed by atoms with E-state index in [4.69, 9.17) is 5.11 Å². The predicted molar refractivity (Wildman–Crippen MR) is 68.7 cm³/mol. The molecule has 1 aliphatic heterocycles. The number of urea groups is 1. The van der Waals surface area contributed by atoms with E-state index in [1.54, 1.807) is 23.0 Å². The summed E-state index contributed by atoms with van der Waals surface area (Å²) in [4.78, 5) is 30.0. The molecule has 0 spiro atoms. The predicted octanol–water partition coefficient (Wildman–Crippen LogP) is 0.692. The van der Waals surface area contributed by atoms with Gasteiger partial charge in [0.1, 0.15) is 0 Å². The molecule has 102 valence electrons. The first kappa shape index (κ1) is 13.3. The Hall–Kier alpha value is -2.11. The van der Waals surface area contributed by atoms with Crippen LogP contribution in [0.4, 0.5) is 4.79 Å². The van der Waals surface area contributed by atoms with Crippen molar-refractivity contribution in [3.05, 3.63) is 30.1 Å². The fraction of sp³-hybridized carbons (Fsp3) is 0.462. The second-order valence-electron chi connectivity index (χ2n) is 4.72. The van der Waals surface area contributed by atoms with Crippen LogP contribution in [0.15, 0.2) is 24.4 Å². The molecule has 0 aliphatic carbocycles. The van der Waals surface area contributed by atoms with E-state index in [0.717, 1.165) is 5.69 Å². The summed E-state index contributed by atoms with van der Waals surface area (Å²) in [7, 11) is 1.72. The smallest absolute Gasteiger partial charge is 0.319 e. The van der Waals surface area contributed by atoms with Gasteiger partial charge in [-0.3, -0.25) is 9.78 Å². The Labute approximate surface area is 111 Å². The van der Waals surface area contributed by atoms with Gasteiger partial charge < -0.3 is 14.9 Å². The van der Waals surface area contributed by atoms with Crippen LogP contribution >= 0.6 is 0 Å². The summed E-state index contributed by atoms with van der Waals surface area (Å²) < 4.78 is 0. The SMILES string of the molecule is CN(CCc1ccccn1)C(=O)N1CC(C(=O)O)C1. The van der Waals surface area contributed by atoms with Crippen LogP contribution in [0.3, 0.4) is 0 Å². The summed E-state index contributed by atoms with van der Waals surface area (Å²) in [6, 6.07) is 5.57. The van der Waals surface area contributed by atoms with Gasteiger partial charge in [0.15, 0.2) is 0 Å². The number of aromatic nitrogens is 1. The number of amides is 2. The first-order valence-electron chi connectivity index (χ1n) is 6.20. The molecule has 2 rings (SSSR count). The molecule has 0 radical (unpaired) electrons. The van der Waals surface area contributed by atoms with Crippen LogP contribution in [0.5, 0.6) is 0 Å². The molecule has 0 saturated carbocycles. The van der Waals surface area contributed by atoms with Crippen molar-refractivity contribution in [2.75, 3.05) is 26.7 Å². The lowest BCUT2D eigenvalue weighted by Crippen LogP contribution is -2.56. The van der Waals surface area contributed by atoms with Crippen molar-refractivity contribution in [1.29, 1.82) is 0 Å². The van der Waals surface area contributed by atoms with Crippen molar-refractivity contribution in [3.8, 4) is 0 Å². The number of pyridine rings is 1. The van der Waals surface area contributed by atoms with Gasteiger partial charge in [0.25, 0.3) is 0 Å². The Bertz CT molecular complexity index is 457. The van der Waals surface area contributed by atoms with Gasteiger partial charge in [-0.2, -0.15) is 0 Å². The van der Waals surface area contributed by atoms with E-state index >= 15 is 0 Å². The van der Waals surface area contributed by atoms with Gasteiger partial charge in [-0.05, 0) is 12.1 Å². The average molecular weight is 263 g/mol. The highest BCUT2D eigenvalue weighted by Crippen LogP contribution is 2.17. The van der Waals surface area contributed by atoms with Gasteiger partial charge in [-0.15, -0.1) is 0 Å². The van der Waals surface area contributed by atoms with Gasteiger partial charge in [-0.25, -0.2) is 4.79 Å². The van der Waals surface area contributed by atoms with Crippen molar-refractivity contribution >= 4 is 12.0 Å². The Morgan fingerprint density at radius 3 is 2.79 bits per heavy atom. The molecule has 0 aromatic carbocycles. The third-order valence-corrected chi connectivity index (χ3v) is 3.26. The molecule has 0 unspecified atom stereocenters. The maximum atomic E-state index is 12.0. The number of likely N-dealkylation sites (tertiary alicyclic amines) is 1. The Balaban J connectivity index is 1.76. The quantitative estimate of drug-likeness (QED) is 0.867. The van der Waals surface area contributed by atoms with E-state index in [1.807, 2.05) is 18.2 Å². The average Bonchev–Trinajstić information content (AvgIpc) is 2.34. The van der Waals surface area contributed by atoms with Crippen LogP contribution in [0.1, 0.15) is 5.69 Å². The number of aliphatic carboxylic acids is 1. The van der Waals surface area contributed by atoms with Crippen molar-refractivity contribution < 1.29 is 14.7 Å². The summed E-state index contributed by atoms with van der Waals surface area (Å²) >= 11 is 0. The lowest BCUT2D eigenvalue weighted by atomic mass is 10.0. The third kappa shape index (κ3) is 3.21. The molecular weight excluding hydrogens is 246 g/mol. The normalized spacial score (nSPS) is 14.9. The molecule has 6 heteroatoms. The van der Waals surface area contributed by atoms with Gasteiger partial charge in [0.05, 0.1) is 5.92 Å². The van der Waals surface area contributed by atoms with Gasteiger partial charge in [-0.1, -0.05) is 6.07 Å². The second kappa shape index (κ2) is 5.69. The molecule has 1 aromatic rings. The summed E-state index contributed by atoms with van der Waals surface area (Å²) in [6.07, 6.45) is 2.42. The van der Waals surface area contributed by atoms with Crippen molar-refractivity contribution in [2.45, 2.75) is 6.42 Å². The molecule has 2 heterocycles. The fourth-order valence-corrected chi connectivity index (χ4v) is 1.96. The standard InChI is InChI=1S/C13H17N3O3/c1-15(7-5-11-4-2-3-6-14-11)13(19)16-8-10(9-16)12(17)18/h2-4,6,10H,5,7-9H2,1H3,(H,17,18). The molecular formula is C13H17N3O3. The third-order valence-electron chi connectivity index (χ3n) is 3.26. The molecule has 1 fully saturated rings. The summed E-state index contributed by atoms with van der Waals surface area (Å²) in [6.45, 7) is 1.19. The molecule has 2 amide bonds. The molecule has 19 heavy (non-hydrogen) atoms. The molecule has 1 saturated heterocycles. The van der Waals surface area contributed by atoms with E-state index in [1.165, 1.54) is 0 Å². The first-order chi connectivity index (χ1) is 9.08. The number of carbonyl (C=O) groups is 2. The van der Waals surface area contributed by atoms with E-state index < -0.39 is 11.9 Å². The maximum Gasteiger partial charge on any atom is 0.319 e. The zero-order valence-electron chi connectivity index (χ0n) is 10.8. The van der Waals surface area contributed by atoms with Crippen LogP contribution in [0, 0.1) is 5.92 Å². The Kier molecular flexibility index (Phi) is 3.99. The van der Waals surface area contributed by atoms with E-state index in [-0.39, 0.29) is 6.03 Å². The Morgan fingerprint density at radius 2 is 2.21 bits per heavy atom. The van der Waals surface area contributed by atoms with Crippen LogP contribution in [-0.2, 0) is 11.2 Å². The lowest BCUT2D eigenvalue weighted by Gasteiger charge is -2.38. The highest BCUT2D eigenvalue weighted by atomic mass is 16.4. The summed E-state index contributed by atoms with van der Waals surface area (Å²) in [5.41, 5.74) is 0.939. The van der Waals surface area contributed by atoms with E-state index in [9.17, 15) is 9.59 Å². The van der Waals surface area contributed by atoms with Crippen molar-refractivity contribution in [2.24, 2.45) is 5.92 Å². The monoisotopic (exact) mass is 263 g/mol. The molecule has 6 nitrogen and oxygen atoms in total. The van der Waals surface area contributed by atoms with E-state index in [0.29, 0.717) is 26.1 Å². The number of rotatable bonds is 4. The van der Waals surface area contributed by atoms with Gasteiger partial charge in [0.2, 0.25) is 0 Å². The van der Waals surface area contributed by atoms with Crippen LogP contribution in [0.25, 0.3) is 0 Å². The number of carboxylic acid groups (broad SMARTS) is 1. The minimum atomic E-state index is -0.833. The number of hydrogen-bond donors (Lipinski definition) is 1. The highest BCUT2D eigenvalue weighted by molar-refractivity contribution is 5.79. The zero-order chi connectivity index (χ0) is 13.8. The van der Waals surface area contributed by atoms with Crippen molar-refractivity contribution in [1.82, 2.24) is 14.8 Å². The number of carboxylic acids is 1. The zero-order valence-corrected chi connectivity index (χ0v) is 10.8. The maximum absolute atomic E-state index is 12.0. The number of hydrogen-bond acceptors (Lipinski definition) is 3. The van der Waals surface area contributed by atoms with Crippen LogP contribution < -0.4 is 0 Å².